The van der Waals surface area contributed by atoms with Gasteiger partial charge in [-0.2, -0.15) is 5.26 Å². The highest BCUT2D eigenvalue weighted by Crippen LogP contribution is 2.22. The fourth-order valence-electron chi connectivity index (χ4n) is 2.74. The van der Waals surface area contributed by atoms with E-state index in [0.29, 0.717) is 24.5 Å². The van der Waals surface area contributed by atoms with E-state index in [-0.39, 0.29) is 12.5 Å². The maximum atomic E-state index is 12.5. The number of carbonyl (C=O) groups is 2. The van der Waals surface area contributed by atoms with E-state index in [1.807, 2.05) is 12.1 Å². The monoisotopic (exact) mass is 352 g/mol. The molecule has 0 spiro atoms. The average Bonchev–Trinajstić information content (AvgIpc) is 2.59. The van der Waals surface area contributed by atoms with Gasteiger partial charge in [0, 0.05) is 24.7 Å². The zero-order valence-electron chi connectivity index (χ0n) is 15.0. The van der Waals surface area contributed by atoms with Gasteiger partial charge >= 0.3 is 6.09 Å². The van der Waals surface area contributed by atoms with Crippen molar-refractivity contribution in [3.8, 4) is 6.07 Å². The third-order valence-corrected chi connectivity index (χ3v) is 3.99. The molecule has 0 saturated carbocycles. The standard InChI is InChI=1S/C19H20N4O3/c1-19(2,3)26-18(25)22-6-7-23(17(24)12-22)16-9-14-5-4-13(10-20)8-15(14)11-21-16/h4-5,8-9,11H,6-7,12H2,1-3H3. The van der Waals surface area contributed by atoms with Gasteiger partial charge in [-0.15, -0.1) is 0 Å². The molecule has 1 aromatic heterocycles. The Morgan fingerprint density at radius 2 is 2.00 bits per heavy atom. The Balaban J connectivity index is 1.75. The maximum Gasteiger partial charge on any atom is 0.410 e. The SMILES string of the molecule is CC(C)(C)OC(=O)N1CCN(c2cc3ccc(C#N)cc3cn2)C(=O)C1. The molecule has 3 rings (SSSR count). The minimum atomic E-state index is -0.598. The van der Waals surface area contributed by atoms with Crippen LogP contribution in [0.2, 0.25) is 0 Å². The van der Waals surface area contributed by atoms with Gasteiger partial charge < -0.3 is 4.74 Å². The number of fused-ring (bicyclic) bond motifs is 1. The molecule has 0 bridgehead atoms. The summed E-state index contributed by atoms with van der Waals surface area (Å²) in [6, 6.07) is 9.23. The number of ether oxygens (including phenoxy) is 1. The number of nitriles is 1. The summed E-state index contributed by atoms with van der Waals surface area (Å²) in [5.74, 6) is 0.332. The van der Waals surface area contributed by atoms with Gasteiger partial charge in [0.05, 0.1) is 11.6 Å². The fraction of sp³-hybridized carbons (Fsp3) is 0.368. The minimum Gasteiger partial charge on any atom is -0.444 e. The van der Waals surface area contributed by atoms with Crippen molar-refractivity contribution in [1.82, 2.24) is 9.88 Å². The summed E-state index contributed by atoms with van der Waals surface area (Å²) in [7, 11) is 0. The number of benzene rings is 1. The van der Waals surface area contributed by atoms with Crippen LogP contribution < -0.4 is 4.90 Å². The highest BCUT2D eigenvalue weighted by molar-refractivity contribution is 5.98. The number of amides is 2. The van der Waals surface area contributed by atoms with Crippen LogP contribution in [-0.2, 0) is 9.53 Å². The van der Waals surface area contributed by atoms with Gasteiger partial charge in [-0.25, -0.2) is 9.78 Å². The number of anilines is 1. The molecule has 7 nitrogen and oxygen atoms in total. The van der Waals surface area contributed by atoms with Crippen molar-refractivity contribution in [3.63, 3.8) is 0 Å². The molecule has 0 unspecified atom stereocenters. The first-order valence-electron chi connectivity index (χ1n) is 8.35. The summed E-state index contributed by atoms with van der Waals surface area (Å²) in [6.45, 7) is 6.07. The van der Waals surface area contributed by atoms with Crippen LogP contribution in [0.1, 0.15) is 26.3 Å². The molecule has 1 aliphatic heterocycles. The second-order valence-electron chi connectivity index (χ2n) is 7.16. The van der Waals surface area contributed by atoms with Gasteiger partial charge in [-0.3, -0.25) is 14.6 Å². The molecule has 1 saturated heterocycles. The second-order valence-corrected chi connectivity index (χ2v) is 7.16. The minimum absolute atomic E-state index is 0.0397. The van der Waals surface area contributed by atoms with Crippen LogP contribution >= 0.6 is 0 Å². The molecule has 1 fully saturated rings. The number of rotatable bonds is 1. The van der Waals surface area contributed by atoms with Crippen molar-refractivity contribution in [2.24, 2.45) is 0 Å². The molecule has 26 heavy (non-hydrogen) atoms. The van der Waals surface area contributed by atoms with E-state index in [2.05, 4.69) is 11.1 Å². The lowest BCUT2D eigenvalue weighted by Crippen LogP contribution is -2.53. The third-order valence-electron chi connectivity index (χ3n) is 3.99. The number of carbonyl (C=O) groups excluding carboxylic acids is 2. The van der Waals surface area contributed by atoms with Crippen molar-refractivity contribution in [2.45, 2.75) is 26.4 Å². The molecule has 2 amide bonds. The molecule has 134 valence electrons. The number of pyridine rings is 1. The van der Waals surface area contributed by atoms with Gasteiger partial charge in [0.2, 0.25) is 5.91 Å². The van der Waals surface area contributed by atoms with Crippen molar-refractivity contribution in [2.75, 3.05) is 24.5 Å². The predicted molar refractivity (Wildman–Crippen MR) is 96.6 cm³/mol. The summed E-state index contributed by atoms with van der Waals surface area (Å²) in [4.78, 5) is 32.0. The summed E-state index contributed by atoms with van der Waals surface area (Å²) in [6.07, 6.45) is 1.17. The molecule has 0 N–H and O–H groups in total. The van der Waals surface area contributed by atoms with E-state index < -0.39 is 11.7 Å². The topological polar surface area (TPSA) is 86.5 Å². The van der Waals surface area contributed by atoms with Gasteiger partial charge in [-0.05, 0) is 44.4 Å². The number of piperazine rings is 1. The molecule has 2 aromatic rings. The fourth-order valence-corrected chi connectivity index (χ4v) is 2.74. The first-order valence-corrected chi connectivity index (χ1v) is 8.35. The lowest BCUT2D eigenvalue weighted by molar-refractivity contribution is -0.121. The molecule has 2 heterocycles. The Kier molecular flexibility index (Phi) is 4.51. The van der Waals surface area contributed by atoms with Crippen molar-refractivity contribution < 1.29 is 14.3 Å². The molecule has 1 aromatic carbocycles. The van der Waals surface area contributed by atoms with Gasteiger partial charge in [-0.1, -0.05) is 6.07 Å². The zero-order chi connectivity index (χ0) is 18.9. The number of aromatic nitrogens is 1. The maximum absolute atomic E-state index is 12.5. The molecular formula is C19H20N4O3. The summed E-state index contributed by atoms with van der Waals surface area (Å²) < 4.78 is 5.32. The van der Waals surface area contributed by atoms with E-state index in [0.717, 1.165) is 10.8 Å². The number of hydrogen-bond donors (Lipinski definition) is 0. The number of nitrogens with zero attached hydrogens (tertiary/aromatic N) is 4. The molecule has 1 aliphatic rings. The predicted octanol–water partition coefficient (Wildman–Crippen LogP) is 2.69. The lowest BCUT2D eigenvalue weighted by Gasteiger charge is -2.34. The van der Waals surface area contributed by atoms with E-state index in [1.54, 1.807) is 44.0 Å². The Morgan fingerprint density at radius 3 is 2.65 bits per heavy atom. The van der Waals surface area contributed by atoms with Gasteiger partial charge in [0.15, 0.2) is 0 Å². The van der Waals surface area contributed by atoms with E-state index in [4.69, 9.17) is 10.00 Å². The van der Waals surface area contributed by atoms with Crippen molar-refractivity contribution >= 4 is 28.6 Å². The Bertz CT molecular complexity index is 911. The summed E-state index contributed by atoms with van der Waals surface area (Å²) in [5, 5.41) is 10.7. The van der Waals surface area contributed by atoms with Crippen LogP contribution in [0.3, 0.4) is 0 Å². The van der Waals surface area contributed by atoms with Crippen LogP contribution in [-0.4, -0.2) is 47.1 Å². The highest BCUT2D eigenvalue weighted by Gasteiger charge is 2.31. The van der Waals surface area contributed by atoms with E-state index >= 15 is 0 Å². The largest absolute Gasteiger partial charge is 0.444 e. The summed E-state index contributed by atoms with van der Waals surface area (Å²) in [5.41, 5.74) is -0.0338. The Morgan fingerprint density at radius 1 is 1.23 bits per heavy atom. The highest BCUT2D eigenvalue weighted by atomic mass is 16.6. The summed E-state index contributed by atoms with van der Waals surface area (Å²) >= 11 is 0. The Labute approximate surface area is 151 Å². The number of hydrogen-bond acceptors (Lipinski definition) is 5. The average molecular weight is 352 g/mol. The van der Waals surface area contributed by atoms with Gasteiger partial charge in [0.1, 0.15) is 18.0 Å². The molecule has 7 heteroatoms. The van der Waals surface area contributed by atoms with Gasteiger partial charge in [0.25, 0.3) is 0 Å². The zero-order valence-corrected chi connectivity index (χ0v) is 15.0. The lowest BCUT2D eigenvalue weighted by atomic mass is 10.1. The first-order chi connectivity index (χ1) is 12.3. The molecule has 0 radical (unpaired) electrons. The molecule has 0 aliphatic carbocycles. The Hall–Kier alpha value is -3.14. The molecular weight excluding hydrogens is 332 g/mol. The van der Waals surface area contributed by atoms with Crippen LogP contribution in [0.5, 0.6) is 0 Å². The van der Waals surface area contributed by atoms with Crippen molar-refractivity contribution in [1.29, 1.82) is 5.26 Å². The molecule has 0 atom stereocenters. The van der Waals surface area contributed by atoms with Crippen LogP contribution in [0.15, 0.2) is 30.5 Å². The third kappa shape index (κ3) is 3.75. The van der Waals surface area contributed by atoms with Crippen molar-refractivity contribution in [3.05, 3.63) is 36.0 Å². The normalized spacial score (nSPS) is 15.1. The quantitative estimate of drug-likeness (QED) is 0.787. The first kappa shape index (κ1) is 17.7. The van der Waals surface area contributed by atoms with Crippen LogP contribution in [0.4, 0.5) is 10.6 Å². The smallest absolute Gasteiger partial charge is 0.410 e. The van der Waals surface area contributed by atoms with Crippen LogP contribution in [0.25, 0.3) is 10.8 Å². The second kappa shape index (κ2) is 6.64. The van der Waals surface area contributed by atoms with Crippen LogP contribution in [0, 0.1) is 11.3 Å². The van der Waals surface area contributed by atoms with E-state index in [1.165, 1.54) is 4.90 Å². The van der Waals surface area contributed by atoms with E-state index in [9.17, 15) is 9.59 Å².